The number of rotatable bonds is 2. The molecular weight excluding hydrogens is 296 g/mol. The minimum atomic E-state index is 0.0657. The van der Waals surface area contributed by atoms with Gasteiger partial charge in [-0.15, -0.1) is 12.6 Å². The lowest BCUT2D eigenvalue weighted by Crippen LogP contribution is -2.13. The first-order valence-electron chi connectivity index (χ1n) is 7.96. The van der Waals surface area contributed by atoms with Crippen molar-refractivity contribution in [2.75, 3.05) is 0 Å². The van der Waals surface area contributed by atoms with Gasteiger partial charge >= 0.3 is 0 Å². The molecule has 0 amide bonds. The van der Waals surface area contributed by atoms with Gasteiger partial charge in [-0.25, -0.2) is 0 Å². The van der Waals surface area contributed by atoms with Crippen LogP contribution in [-0.4, -0.2) is 0 Å². The fraction of sp³-hybridized carbons (Fsp3) is 0.182. The number of hydrogen-bond donors (Lipinski definition) is 1. The van der Waals surface area contributed by atoms with Crippen molar-refractivity contribution in [1.82, 2.24) is 0 Å². The number of hydrogen-bond acceptors (Lipinski definition) is 1. The lowest BCUT2D eigenvalue weighted by Gasteiger charge is -2.26. The van der Waals surface area contributed by atoms with Crippen LogP contribution in [-0.2, 0) is 5.41 Å². The van der Waals surface area contributed by atoms with Crippen LogP contribution in [0.25, 0.3) is 22.3 Å². The average Bonchev–Trinajstić information content (AvgIpc) is 2.55. The first-order valence-corrected chi connectivity index (χ1v) is 8.40. The van der Waals surface area contributed by atoms with E-state index in [2.05, 4.69) is 93.6 Å². The minimum Gasteiger partial charge on any atom is -0.143 e. The van der Waals surface area contributed by atoms with E-state index in [9.17, 15) is 0 Å². The molecule has 0 bridgehead atoms. The van der Waals surface area contributed by atoms with Crippen LogP contribution in [0.15, 0.2) is 77.7 Å². The average molecular weight is 318 g/mol. The third kappa shape index (κ3) is 3.20. The molecule has 0 heterocycles. The molecule has 0 saturated heterocycles. The second-order valence-electron chi connectivity index (χ2n) is 6.86. The summed E-state index contributed by atoms with van der Waals surface area (Å²) in [6, 6.07) is 25.5. The second-order valence-corrected chi connectivity index (χ2v) is 7.35. The standard InChI is InChI=1S/C22H22S/c1-22(2,3)18-14-15-19(23)21(17-12-8-5-9-13-17)20(18)16-10-6-4-7-11-16/h4-15,23H,1-3H3. The van der Waals surface area contributed by atoms with Crippen LogP contribution in [0.2, 0.25) is 0 Å². The van der Waals surface area contributed by atoms with Gasteiger partial charge in [0.25, 0.3) is 0 Å². The Morgan fingerprint density at radius 3 is 1.57 bits per heavy atom. The highest BCUT2D eigenvalue weighted by Crippen LogP contribution is 2.43. The van der Waals surface area contributed by atoms with Gasteiger partial charge < -0.3 is 0 Å². The van der Waals surface area contributed by atoms with E-state index < -0.39 is 0 Å². The fourth-order valence-corrected chi connectivity index (χ4v) is 3.33. The van der Waals surface area contributed by atoms with Gasteiger partial charge in [0.1, 0.15) is 0 Å². The maximum absolute atomic E-state index is 4.77. The summed E-state index contributed by atoms with van der Waals surface area (Å²) in [6.07, 6.45) is 0. The van der Waals surface area contributed by atoms with Crippen molar-refractivity contribution in [3.8, 4) is 22.3 Å². The van der Waals surface area contributed by atoms with E-state index in [0.29, 0.717) is 0 Å². The Morgan fingerprint density at radius 2 is 1.09 bits per heavy atom. The van der Waals surface area contributed by atoms with E-state index in [4.69, 9.17) is 12.6 Å². The normalized spacial score (nSPS) is 11.5. The predicted octanol–water partition coefficient (Wildman–Crippen LogP) is 6.61. The van der Waals surface area contributed by atoms with Gasteiger partial charge in [-0.3, -0.25) is 0 Å². The zero-order chi connectivity index (χ0) is 16.4. The smallest absolute Gasteiger partial charge is 0.0125 e. The molecule has 0 radical (unpaired) electrons. The Morgan fingerprint density at radius 1 is 0.609 bits per heavy atom. The van der Waals surface area contributed by atoms with Crippen molar-refractivity contribution in [1.29, 1.82) is 0 Å². The highest BCUT2D eigenvalue weighted by atomic mass is 32.1. The first-order chi connectivity index (χ1) is 11.0. The Bertz CT molecular complexity index is 797. The monoisotopic (exact) mass is 318 g/mol. The molecule has 3 aromatic carbocycles. The molecule has 0 unspecified atom stereocenters. The molecule has 0 aliphatic carbocycles. The van der Waals surface area contributed by atoms with Gasteiger partial charge in [0, 0.05) is 10.5 Å². The Balaban J connectivity index is 2.39. The minimum absolute atomic E-state index is 0.0657. The van der Waals surface area contributed by atoms with E-state index in [1.807, 2.05) is 0 Å². The van der Waals surface area contributed by atoms with Crippen LogP contribution < -0.4 is 0 Å². The summed E-state index contributed by atoms with van der Waals surface area (Å²) in [5, 5.41) is 0. The molecule has 0 nitrogen and oxygen atoms in total. The summed E-state index contributed by atoms with van der Waals surface area (Å²) in [4.78, 5) is 1.02. The van der Waals surface area contributed by atoms with Gasteiger partial charge in [-0.05, 0) is 33.7 Å². The molecule has 0 aliphatic rings. The Hall–Kier alpha value is -1.99. The van der Waals surface area contributed by atoms with Crippen molar-refractivity contribution in [2.24, 2.45) is 0 Å². The van der Waals surface area contributed by atoms with E-state index >= 15 is 0 Å². The molecule has 3 aromatic rings. The zero-order valence-electron chi connectivity index (χ0n) is 13.9. The second kappa shape index (κ2) is 6.25. The van der Waals surface area contributed by atoms with Crippen LogP contribution in [0.4, 0.5) is 0 Å². The maximum Gasteiger partial charge on any atom is 0.0125 e. The van der Waals surface area contributed by atoms with E-state index in [0.717, 1.165) is 4.90 Å². The molecule has 116 valence electrons. The Kier molecular flexibility index (Phi) is 4.32. The third-order valence-electron chi connectivity index (χ3n) is 4.12. The summed E-state index contributed by atoms with van der Waals surface area (Å²) < 4.78 is 0. The zero-order valence-corrected chi connectivity index (χ0v) is 14.8. The van der Waals surface area contributed by atoms with Crippen molar-refractivity contribution >= 4 is 12.6 Å². The lowest BCUT2D eigenvalue weighted by molar-refractivity contribution is 0.592. The molecule has 0 spiro atoms. The molecular formula is C22H22S. The summed E-state index contributed by atoms with van der Waals surface area (Å²) in [7, 11) is 0. The molecule has 0 saturated carbocycles. The lowest BCUT2D eigenvalue weighted by atomic mass is 9.79. The van der Waals surface area contributed by atoms with Gasteiger partial charge in [-0.1, -0.05) is 87.5 Å². The molecule has 1 heteroatoms. The van der Waals surface area contributed by atoms with Gasteiger partial charge in [0.2, 0.25) is 0 Å². The topological polar surface area (TPSA) is 0 Å². The molecule has 23 heavy (non-hydrogen) atoms. The van der Waals surface area contributed by atoms with Crippen LogP contribution >= 0.6 is 12.6 Å². The highest BCUT2D eigenvalue weighted by molar-refractivity contribution is 7.80. The van der Waals surface area contributed by atoms with E-state index in [1.54, 1.807) is 0 Å². The van der Waals surface area contributed by atoms with Crippen molar-refractivity contribution in [3.63, 3.8) is 0 Å². The van der Waals surface area contributed by atoms with E-state index in [1.165, 1.54) is 27.8 Å². The fourth-order valence-electron chi connectivity index (χ4n) is 3.02. The van der Waals surface area contributed by atoms with Crippen molar-refractivity contribution < 1.29 is 0 Å². The molecule has 0 aromatic heterocycles. The SMILES string of the molecule is CC(C)(C)c1ccc(S)c(-c2ccccc2)c1-c1ccccc1. The summed E-state index contributed by atoms with van der Waals surface area (Å²) in [5.41, 5.74) is 6.37. The van der Waals surface area contributed by atoms with Crippen LogP contribution in [0, 0.1) is 0 Å². The summed E-state index contributed by atoms with van der Waals surface area (Å²) >= 11 is 4.77. The maximum atomic E-state index is 4.77. The third-order valence-corrected chi connectivity index (χ3v) is 4.49. The molecule has 0 N–H and O–H groups in total. The number of thiol groups is 1. The van der Waals surface area contributed by atoms with Crippen molar-refractivity contribution in [3.05, 3.63) is 78.4 Å². The largest absolute Gasteiger partial charge is 0.143 e. The van der Waals surface area contributed by atoms with Crippen LogP contribution in [0.5, 0.6) is 0 Å². The Labute approximate surface area is 144 Å². The van der Waals surface area contributed by atoms with Crippen molar-refractivity contribution in [2.45, 2.75) is 31.1 Å². The van der Waals surface area contributed by atoms with Crippen LogP contribution in [0.1, 0.15) is 26.3 Å². The summed E-state index contributed by atoms with van der Waals surface area (Å²) in [5.74, 6) is 0. The predicted molar refractivity (Wildman–Crippen MR) is 103 cm³/mol. The first kappa shape index (κ1) is 15.9. The molecule has 3 rings (SSSR count). The highest BCUT2D eigenvalue weighted by Gasteiger charge is 2.23. The molecule has 0 aliphatic heterocycles. The van der Waals surface area contributed by atoms with E-state index in [-0.39, 0.29) is 5.41 Å². The number of benzene rings is 3. The quantitative estimate of drug-likeness (QED) is 0.505. The summed E-state index contributed by atoms with van der Waals surface area (Å²) in [6.45, 7) is 6.80. The molecule has 0 fully saturated rings. The van der Waals surface area contributed by atoms with Crippen LogP contribution in [0.3, 0.4) is 0 Å². The van der Waals surface area contributed by atoms with Gasteiger partial charge in [0.15, 0.2) is 0 Å². The van der Waals surface area contributed by atoms with Gasteiger partial charge in [-0.2, -0.15) is 0 Å². The van der Waals surface area contributed by atoms with Gasteiger partial charge in [0.05, 0.1) is 0 Å². The molecule has 0 atom stereocenters.